The van der Waals surface area contributed by atoms with Crippen molar-refractivity contribution in [3.05, 3.63) is 0 Å². The molecule has 56 valence electrons. The Morgan fingerprint density at radius 2 is 2.40 bits per heavy atom. The average Bonchev–Trinajstić information content (AvgIpc) is 1.89. The molecule has 0 N–H and O–H groups in total. The van der Waals surface area contributed by atoms with E-state index in [0.29, 0.717) is 26.2 Å². The maximum absolute atomic E-state index is 5.44. The second-order valence-electron chi connectivity index (χ2n) is 2.73. The molecule has 0 aromatic carbocycles. The fourth-order valence-electron chi connectivity index (χ4n) is 0.995. The van der Waals surface area contributed by atoms with Crippen molar-refractivity contribution < 1.29 is 9.47 Å². The number of ether oxygens (including phenoxy) is 2. The van der Waals surface area contributed by atoms with Crippen molar-refractivity contribution in [2.24, 2.45) is 0 Å². The predicted molar refractivity (Wildman–Crippen MR) is 38.6 cm³/mol. The quantitative estimate of drug-likeness (QED) is 0.502. The number of hydrogen-bond acceptors (Lipinski definition) is 2. The highest BCUT2D eigenvalue weighted by molar-refractivity contribution is 4.94. The van der Waals surface area contributed by atoms with Crippen molar-refractivity contribution >= 4 is 0 Å². The van der Waals surface area contributed by atoms with Crippen LogP contribution >= 0.6 is 0 Å². The summed E-state index contributed by atoms with van der Waals surface area (Å²) in [6, 6.07) is 0. The van der Waals surface area contributed by atoms with E-state index < -0.39 is 0 Å². The van der Waals surface area contributed by atoms with Gasteiger partial charge in [0.2, 0.25) is 0 Å². The monoisotopic (exact) mass is 140 g/mol. The second kappa shape index (κ2) is 3.05. The van der Waals surface area contributed by atoms with E-state index >= 15 is 0 Å². The highest BCUT2D eigenvalue weighted by Crippen LogP contribution is 2.18. The van der Waals surface area contributed by atoms with E-state index in [9.17, 15) is 0 Å². The molecule has 10 heavy (non-hydrogen) atoms. The summed E-state index contributed by atoms with van der Waals surface area (Å²) in [6.45, 7) is 3.96. The molecule has 0 aromatic rings. The Balaban J connectivity index is 2.42. The van der Waals surface area contributed by atoms with Gasteiger partial charge in [-0.25, -0.2) is 0 Å². The third-order valence-corrected chi connectivity index (χ3v) is 1.56. The van der Waals surface area contributed by atoms with Gasteiger partial charge in [0.1, 0.15) is 0 Å². The SMILES string of the molecule is C#CCC1(C)COCCO1. The minimum absolute atomic E-state index is 0.229. The van der Waals surface area contributed by atoms with E-state index in [0.717, 1.165) is 0 Å². The van der Waals surface area contributed by atoms with Crippen molar-refractivity contribution in [2.45, 2.75) is 18.9 Å². The zero-order valence-electron chi connectivity index (χ0n) is 6.22. The summed E-state index contributed by atoms with van der Waals surface area (Å²) < 4.78 is 10.7. The van der Waals surface area contributed by atoms with Crippen LogP contribution in [0.3, 0.4) is 0 Å². The summed E-state index contributed by atoms with van der Waals surface area (Å²) in [5.74, 6) is 2.57. The fraction of sp³-hybridized carbons (Fsp3) is 0.750. The molecular formula is C8H12O2. The van der Waals surface area contributed by atoms with Gasteiger partial charge in [0.05, 0.1) is 25.4 Å². The third-order valence-electron chi connectivity index (χ3n) is 1.56. The molecule has 0 radical (unpaired) electrons. The van der Waals surface area contributed by atoms with Gasteiger partial charge < -0.3 is 9.47 Å². The van der Waals surface area contributed by atoms with Gasteiger partial charge in [-0.1, -0.05) is 0 Å². The van der Waals surface area contributed by atoms with Crippen molar-refractivity contribution in [1.29, 1.82) is 0 Å². The lowest BCUT2D eigenvalue weighted by atomic mass is 10.0. The first-order chi connectivity index (χ1) is 4.77. The molecule has 0 aromatic heterocycles. The first kappa shape index (κ1) is 7.59. The molecule has 0 amide bonds. The van der Waals surface area contributed by atoms with Gasteiger partial charge in [-0.05, 0) is 6.92 Å². The Morgan fingerprint density at radius 3 is 2.90 bits per heavy atom. The Hall–Kier alpha value is -0.520. The molecule has 1 aliphatic rings. The van der Waals surface area contributed by atoms with Crippen LogP contribution in [-0.4, -0.2) is 25.4 Å². The molecule has 0 spiro atoms. The fourth-order valence-corrected chi connectivity index (χ4v) is 0.995. The molecule has 1 unspecified atom stereocenters. The molecular weight excluding hydrogens is 128 g/mol. The molecule has 1 fully saturated rings. The molecule has 1 heterocycles. The first-order valence-electron chi connectivity index (χ1n) is 3.42. The van der Waals surface area contributed by atoms with Gasteiger partial charge in [-0.15, -0.1) is 12.3 Å². The zero-order chi connectivity index (χ0) is 7.45. The minimum atomic E-state index is -0.229. The normalized spacial score (nSPS) is 33.2. The van der Waals surface area contributed by atoms with E-state index in [1.165, 1.54) is 0 Å². The van der Waals surface area contributed by atoms with Crippen LogP contribution in [0.4, 0.5) is 0 Å². The molecule has 0 saturated carbocycles. The van der Waals surface area contributed by atoms with Crippen LogP contribution in [0.2, 0.25) is 0 Å². The Bertz CT molecular complexity index is 140. The lowest BCUT2D eigenvalue weighted by Crippen LogP contribution is -2.39. The summed E-state index contributed by atoms with van der Waals surface area (Å²) in [5, 5.41) is 0. The molecule has 1 rings (SSSR count). The molecule has 2 heteroatoms. The molecule has 2 nitrogen and oxygen atoms in total. The lowest BCUT2D eigenvalue weighted by Gasteiger charge is -2.31. The summed E-state index contributed by atoms with van der Waals surface area (Å²) >= 11 is 0. The van der Waals surface area contributed by atoms with Crippen molar-refractivity contribution in [3.8, 4) is 12.3 Å². The first-order valence-corrected chi connectivity index (χ1v) is 3.42. The largest absolute Gasteiger partial charge is 0.376 e. The molecule has 1 aliphatic heterocycles. The van der Waals surface area contributed by atoms with Gasteiger partial charge in [-0.2, -0.15) is 0 Å². The smallest absolute Gasteiger partial charge is 0.0996 e. The van der Waals surface area contributed by atoms with E-state index in [2.05, 4.69) is 5.92 Å². The van der Waals surface area contributed by atoms with E-state index in [1.54, 1.807) is 0 Å². The van der Waals surface area contributed by atoms with Crippen LogP contribution < -0.4 is 0 Å². The number of terminal acetylenes is 1. The summed E-state index contributed by atoms with van der Waals surface area (Å²) in [6.07, 6.45) is 5.79. The van der Waals surface area contributed by atoms with Crippen LogP contribution in [0.25, 0.3) is 0 Å². The van der Waals surface area contributed by atoms with E-state index in [1.807, 2.05) is 6.92 Å². The van der Waals surface area contributed by atoms with Gasteiger partial charge in [0.25, 0.3) is 0 Å². The number of hydrogen-bond donors (Lipinski definition) is 0. The maximum Gasteiger partial charge on any atom is 0.0996 e. The Kier molecular flexibility index (Phi) is 2.31. The van der Waals surface area contributed by atoms with E-state index in [4.69, 9.17) is 15.9 Å². The molecule has 1 saturated heterocycles. The average molecular weight is 140 g/mol. The van der Waals surface area contributed by atoms with Crippen molar-refractivity contribution in [3.63, 3.8) is 0 Å². The van der Waals surface area contributed by atoms with Gasteiger partial charge in [0, 0.05) is 6.42 Å². The van der Waals surface area contributed by atoms with Crippen molar-refractivity contribution in [1.82, 2.24) is 0 Å². The van der Waals surface area contributed by atoms with Crippen LogP contribution in [0, 0.1) is 12.3 Å². The predicted octanol–water partition coefficient (Wildman–Crippen LogP) is 0.815. The lowest BCUT2D eigenvalue weighted by molar-refractivity contribution is -0.144. The van der Waals surface area contributed by atoms with E-state index in [-0.39, 0.29) is 5.60 Å². The molecule has 1 atom stereocenters. The van der Waals surface area contributed by atoms with Gasteiger partial charge in [-0.3, -0.25) is 0 Å². The van der Waals surface area contributed by atoms with Gasteiger partial charge in [0.15, 0.2) is 0 Å². The molecule has 0 bridgehead atoms. The van der Waals surface area contributed by atoms with Crippen LogP contribution in [0.1, 0.15) is 13.3 Å². The Labute approximate surface area is 61.5 Å². The highest BCUT2D eigenvalue weighted by Gasteiger charge is 2.27. The van der Waals surface area contributed by atoms with Crippen LogP contribution in [0.15, 0.2) is 0 Å². The number of rotatable bonds is 1. The second-order valence-corrected chi connectivity index (χ2v) is 2.73. The summed E-state index contributed by atoms with van der Waals surface area (Å²) in [5.41, 5.74) is -0.229. The Morgan fingerprint density at radius 1 is 1.60 bits per heavy atom. The summed E-state index contributed by atoms with van der Waals surface area (Å²) in [4.78, 5) is 0. The van der Waals surface area contributed by atoms with Crippen LogP contribution in [-0.2, 0) is 9.47 Å². The zero-order valence-corrected chi connectivity index (χ0v) is 6.22. The highest BCUT2D eigenvalue weighted by atomic mass is 16.6. The molecule has 0 aliphatic carbocycles. The summed E-state index contributed by atoms with van der Waals surface area (Å²) in [7, 11) is 0. The maximum atomic E-state index is 5.44. The topological polar surface area (TPSA) is 18.5 Å². The van der Waals surface area contributed by atoms with Crippen LogP contribution in [0.5, 0.6) is 0 Å². The third kappa shape index (κ3) is 1.73. The van der Waals surface area contributed by atoms with Gasteiger partial charge >= 0.3 is 0 Å². The minimum Gasteiger partial charge on any atom is -0.376 e. The van der Waals surface area contributed by atoms with Crippen molar-refractivity contribution in [2.75, 3.05) is 19.8 Å². The standard InChI is InChI=1S/C8H12O2/c1-3-4-8(2)7-9-5-6-10-8/h1H,4-7H2,2H3.